The molecule has 0 aliphatic carbocycles. The second-order valence-corrected chi connectivity index (χ2v) is 6.28. The number of rotatable bonds is 5. The SMILES string of the molecule is Cc1noc([C@@H]2CCCN(CCC(=O)Nc3ccccc3C#N)C2)n1. The number of anilines is 1. The van der Waals surface area contributed by atoms with Gasteiger partial charge < -0.3 is 14.7 Å². The smallest absolute Gasteiger partial charge is 0.231 e. The fraction of sp³-hybridized carbons (Fsp3) is 0.444. The van der Waals surface area contributed by atoms with Gasteiger partial charge in [-0.1, -0.05) is 17.3 Å². The van der Waals surface area contributed by atoms with Gasteiger partial charge in [0.2, 0.25) is 11.8 Å². The summed E-state index contributed by atoms with van der Waals surface area (Å²) in [6.07, 6.45) is 2.46. The van der Waals surface area contributed by atoms with Crippen LogP contribution in [0.4, 0.5) is 5.69 Å². The lowest BCUT2D eigenvalue weighted by atomic mass is 9.98. The predicted molar refractivity (Wildman–Crippen MR) is 91.9 cm³/mol. The predicted octanol–water partition coefficient (Wildman–Crippen LogP) is 2.46. The minimum absolute atomic E-state index is 0.0848. The van der Waals surface area contributed by atoms with E-state index in [9.17, 15) is 4.79 Å². The Bertz CT molecular complexity index is 780. The standard InChI is InChI=1S/C18H21N5O2/c1-13-20-18(25-22-13)15-6-4-9-23(12-15)10-8-17(24)21-16-7-3-2-5-14(16)11-19/h2-3,5,7,15H,4,6,8-10,12H2,1H3,(H,21,24)/t15-/m1/s1. The molecule has 1 saturated heterocycles. The molecule has 1 aliphatic heterocycles. The lowest BCUT2D eigenvalue weighted by molar-refractivity contribution is -0.116. The Kier molecular flexibility index (Phi) is 5.41. The molecule has 3 rings (SSSR count). The van der Waals surface area contributed by atoms with Gasteiger partial charge in [0.1, 0.15) is 6.07 Å². The summed E-state index contributed by atoms with van der Waals surface area (Å²) >= 11 is 0. The number of likely N-dealkylation sites (tertiary alicyclic amines) is 1. The summed E-state index contributed by atoms with van der Waals surface area (Å²) in [6.45, 7) is 4.27. The highest BCUT2D eigenvalue weighted by molar-refractivity contribution is 5.92. The topological polar surface area (TPSA) is 95.0 Å². The number of benzene rings is 1. The first-order chi connectivity index (χ1) is 12.2. The highest BCUT2D eigenvalue weighted by atomic mass is 16.5. The van der Waals surface area contributed by atoms with Gasteiger partial charge in [-0.25, -0.2) is 0 Å². The van der Waals surface area contributed by atoms with Crippen molar-refractivity contribution in [2.45, 2.75) is 32.1 Å². The Morgan fingerprint density at radius 2 is 2.32 bits per heavy atom. The van der Waals surface area contributed by atoms with Gasteiger partial charge >= 0.3 is 0 Å². The average Bonchev–Trinajstić information content (AvgIpc) is 3.07. The fourth-order valence-electron chi connectivity index (χ4n) is 3.10. The van der Waals surface area contributed by atoms with Gasteiger partial charge in [0.25, 0.3) is 0 Å². The van der Waals surface area contributed by atoms with Crippen LogP contribution in [-0.2, 0) is 4.79 Å². The lowest BCUT2D eigenvalue weighted by Gasteiger charge is -2.30. The molecular formula is C18H21N5O2. The molecule has 0 spiro atoms. The van der Waals surface area contributed by atoms with E-state index in [0.29, 0.717) is 35.9 Å². The molecule has 1 aliphatic rings. The highest BCUT2D eigenvalue weighted by Crippen LogP contribution is 2.25. The van der Waals surface area contributed by atoms with Gasteiger partial charge in [-0.2, -0.15) is 10.2 Å². The Labute approximate surface area is 146 Å². The first-order valence-corrected chi connectivity index (χ1v) is 8.47. The second-order valence-electron chi connectivity index (χ2n) is 6.28. The maximum absolute atomic E-state index is 12.2. The van der Waals surface area contributed by atoms with Crippen LogP contribution in [-0.4, -0.2) is 40.6 Å². The fourth-order valence-corrected chi connectivity index (χ4v) is 3.10. The number of para-hydroxylation sites is 1. The number of carbonyl (C=O) groups excluding carboxylic acids is 1. The highest BCUT2D eigenvalue weighted by Gasteiger charge is 2.25. The molecule has 25 heavy (non-hydrogen) atoms. The van der Waals surface area contributed by atoms with Gasteiger partial charge in [0, 0.05) is 19.5 Å². The van der Waals surface area contributed by atoms with Crippen LogP contribution >= 0.6 is 0 Å². The summed E-state index contributed by atoms with van der Waals surface area (Å²) in [5, 5.41) is 15.8. The van der Waals surface area contributed by atoms with E-state index < -0.39 is 0 Å². The molecule has 2 aromatic rings. The van der Waals surface area contributed by atoms with Crippen LogP contribution in [0, 0.1) is 18.3 Å². The van der Waals surface area contributed by atoms with Gasteiger partial charge in [0.15, 0.2) is 5.82 Å². The number of nitriles is 1. The number of aromatic nitrogens is 2. The Hall–Kier alpha value is -2.72. The molecule has 2 heterocycles. The zero-order valence-electron chi connectivity index (χ0n) is 14.2. The summed E-state index contributed by atoms with van der Waals surface area (Å²) in [4.78, 5) is 18.8. The van der Waals surface area contributed by atoms with Crippen molar-refractivity contribution in [2.75, 3.05) is 25.0 Å². The Balaban J connectivity index is 1.51. The van der Waals surface area contributed by atoms with Crippen LogP contribution in [0.25, 0.3) is 0 Å². The molecular weight excluding hydrogens is 318 g/mol. The molecule has 1 aromatic carbocycles. The molecule has 0 saturated carbocycles. The van der Waals surface area contributed by atoms with Crippen LogP contribution < -0.4 is 5.32 Å². The van der Waals surface area contributed by atoms with Crippen molar-refractivity contribution in [2.24, 2.45) is 0 Å². The van der Waals surface area contributed by atoms with Crippen LogP contribution in [0.1, 0.15) is 42.5 Å². The van der Waals surface area contributed by atoms with Crippen LogP contribution in [0.2, 0.25) is 0 Å². The number of aryl methyl sites for hydroxylation is 1. The summed E-state index contributed by atoms with van der Waals surface area (Å²) < 4.78 is 5.28. The first-order valence-electron chi connectivity index (χ1n) is 8.47. The molecule has 0 radical (unpaired) electrons. The van der Waals surface area contributed by atoms with E-state index in [2.05, 4.69) is 26.4 Å². The van der Waals surface area contributed by atoms with Gasteiger partial charge in [0.05, 0.1) is 17.2 Å². The maximum Gasteiger partial charge on any atom is 0.231 e. The third-order valence-corrected chi connectivity index (χ3v) is 4.37. The molecule has 7 nitrogen and oxygen atoms in total. The van der Waals surface area contributed by atoms with Gasteiger partial charge in [-0.15, -0.1) is 0 Å². The minimum atomic E-state index is -0.0848. The number of carbonyl (C=O) groups is 1. The van der Waals surface area contributed by atoms with Crippen molar-refractivity contribution in [3.05, 3.63) is 41.5 Å². The third kappa shape index (κ3) is 4.43. The number of hydrogen-bond acceptors (Lipinski definition) is 6. The van der Waals surface area contributed by atoms with E-state index in [1.165, 1.54) is 0 Å². The first kappa shape index (κ1) is 17.1. The van der Waals surface area contributed by atoms with E-state index in [1.807, 2.05) is 6.92 Å². The number of hydrogen-bond donors (Lipinski definition) is 1. The quantitative estimate of drug-likeness (QED) is 0.899. The molecule has 130 valence electrons. The number of piperidine rings is 1. The summed E-state index contributed by atoms with van der Waals surface area (Å²) in [5.41, 5.74) is 1.04. The van der Waals surface area contributed by atoms with Crippen molar-refractivity contribution in [3.63, 3.8) is 0 Å². The molecule has 1 aromatic heterocycles. The number of amides is 1. The van der Waals surface area contributed by atoms with Crippen LogP contribution in [0.5, 0.6) is 0 Å². The van der Waals surface area contributed by atoms with Crippen molar-refractivity contribution in [3.8, 4) is 6.07 Å². The molecule has 0 bridgehead atoms. The zero-order valence-corrected chi connectivity index (χ0v) is 14.2. The molecule has 7 heteroatoms. The number of nitrogens with one attached hydrogen (secondary N) is 1. The normalized spacial score (nSPS) is 17.8. The van der Waals surface area contributed by atoms with E-state index in [0.717, 1.165) is 25.9 Å². The molecule has 0 unspecified atom stereocenters. The Morgan fingerprint density at radius 1 is 1.48 bits per heavy atom. The van der Waals surface area contributed by atoms with E-state index >= 15 is 0 Å². The zero-order chi connectivity index (χ0) is 17.6. The monoisotopic (exact) mass is 339 g/mol. The largest absolute Gasteiger partial charge is 0.339 e. The maximum atomic E-state index is 12.2. The summed E-state index contributed by atoms with van der Waals surface area (Å²) in [5.74, 6) is 1.49. The number of nitrogens with zero attached hydrogens (tertiary/aromatic N) is 4. The van der Waals surface area contributed by atoms with Gasteiger partial charge in [-0.3, -0.25) is 4.79 Å². The van der Waals surface area contributed by atoms with Crippen molar-refractivity contribution < 1.29 is 9.32 Å². The van der Waals surface area contributed by atoms with E-state index in [4.69, 9.17) is 9.78 Å². The summed E-state index contributed by atoms with van der Waals surface area (Å²) in [6, 6.07) is 9.10. The van der Waals surface area contributed by atoms with E-state index in [1.54, 1.807) is 24.3 Å². The molecule has 1 amide bonds. The molecule has 1 fully saturated rings. The van der Waals surface area contributed by atoms with Gasteiger partial charge in [-0.05, 0) is 38.4 Å². The lowest BCUT2D eigenvalue weighted by Crippen LogP contribution is -2.36. The van der Waals surface area contributed by atoms with E-state index in [-0.39, 0.29) is 11.8 Å². The van der Waals surface area contributed by atoms with Crippen molar-refractivity contribution in [1.29, 1.82) is 5.26 Å². The minimum Gasteiger partial charge on any atom is -0.339 e. The third-order valence-electron chi connectivity index (χ3n) is 4.37. The van der Waals surface area contributed by atoms with Crippen LogP contribution in [0.15, 0.2) is 28.8 Å². The molecule has 1 N–H and O–H groups in total. The second kappa shape index (κ2) is 7.90. The van der Waals surface area contributed by atoms with Crippen molar-refractivity contribution in [1.82, 2.24) is 15.0 Å². The average molecular weight is 339 g/mol. The molecule has 1 atom stereocenters. The van der Waals surface area contributed by atoms with Crippen molar-refractivity contribution >= 4 is 11.6 Å². The van der Waals surface area contributed by atoms with Crippen LogP contribution in [0.3, 0.4) is 0 Å². The summed E-state index contributed by atoms with van der Waals surface area (Å²) in [7, 11) is 0. The Morgan fingerprint density at radius 3 is 3.08 bits per heavy atom.